The number of hydrogen-bond donors (Lipinski definition) is 1. The topological polar surface area (TPSA) is 93.5 Å². The highest BCUT2D eigenvalue weighted by Crippen LogP contribution is 2.36. The highest BCUT2D eigenvalue weighted by atomic mass is 32.1. The molecule has 7 nitrogen and oxygen atoms in total. The Hall–Kier alpha value is -3.83. The third-order valence-electron chi connectivity index (χ3n) is 4.32. The second-order valence-electron chi connectivity index (χ2n) is 6.19. The fourth-order valence-corrected chi connectivity index (χ4v) is 3.67. The van der Waals surface area contributed by atoms with Crippen molar-refractivity contribution in [2.45, 2.75) is 6.92 Å². The summed E-state index contributed by atoms with van der Waals surface area (Å²) in [7, 11) is 0. The van der Waals surface area contributed by atoms with Gasteiger partial charge in [0, 0.05) is 17.1 Å². The summed E-state index contributed by atoms with van der Waals surface area (Å²) in [5, 5.41) is 15.1. The van der Waals surface area contributed by atoms with Crippen LogP contribution >= 0.6 is 11.3 Å². The van der Waals surface area contributed by atoms with Crippen molar-refractivity contribution < 1.29 is 19.0 Å². The monoisotopic (exact) mass is 419 g/mol. The first-order valence-electron chi connectivity index (χ1n) is 9.18. The second kappa shape index (κ2) is 8.68. The van der Waals surface area contributed by atoms with Crippen LogP contribution in [-0.2, 0) is 4.74 Å². The Bertz CT molecular complexity index is 1160. The lowest BCUT2D eigenvalue weighted by Crippen LogP contribution is -2.07. The minimum Gasteiger partial charge on any atom is -0.462 e. The molecule has 30 heavy (non-hydrogen) atoms. The van der Waals surface area contributed by atoms with Gasteiger partial charge in [0.1, 0.15) is 16.6 Å². The van der Waals surface area contributed by atoms with Gasteiger partial charge in [-0.2, -0.15) is 5.26 Å². The van der Waals surface area contributed by atoms with Crippen LogP contribution in [0.2, 0.25) is 0 Å². The Morgan fingerprint density at radius 2 is 2.13 bits per heavy atom. The number of ether oxygens (including phenoxy) is 3. The van der Waals surface area contributed by atoms with Crippen molar-refractivity contribution in [3.63, 3.8) is 0 Å². The van der Waals surface area contributed by atoms with E-state index in [1.807, 2.05) is 23.6 Å². The molecule has 8 heteroatoms. The number of aromatic nitrogens is 1. The molecule has 3 aromatic rings. The number of anilines is 1. The lowest BCUT2D eigenvalue weighted by atomic mass is 10.1. The summed E-state index contributed by atoms with van der Waals surface area (Å²) in [5.74, 6) is 0.957. The van der Waals surface area contributed by atoms with Crippen molar-refractivity contribution in [3.05, 3.63) is 64.6 Å². The predicted octanol–water partition coefficient (Wildman–Crippen LogP) is 4.69. The van der Waals surface area contributed by atoms with E-state index in [0.29, 0.717) is 33.3 Å². The number of benzene rings is 2. The normalized spacial score (nSPS) is 12.3. The number of hydrogen-bond acceptors (Lipinski definition) is 8. The van der Waals surface area contributed by atoms with E-state index in [0.717, 1.165) is 11.3 Å². The first-order valence-corrected chi connectivity index (χ1v) is 10.1. The SMILES string of the molecule is CCOC(=O)c1ccccc1NC=C(C#N)c1nc(-c2ccc3c(c2)OCO3)cs1. The fourth-order valence-electron chi connectivity index (χ4n) is 2.87. The largest absolute Gasteiger partial charge is 0.462 e. The van der Waals surface area contributed by atoms with Gasteiger partial charge in [-0.1, -0.05) is 12.1 Å². The average Bonchev–Trinajstić information content (AvgIpc) is 3.44. The third-order valence-corrected chi connectivity index (χ3v) is 5.19. The minimum absolute atomic E-state index is 0.210. The molecule has 0 unspecified atom stereocenters. The van der Waals surface area contributed by atoms with E-state index in [1.165, 1.54) is 11.3 Å². The van der Waals surface area contributed by atoms with Gasteiger partial charge in [0.05, 0.1) is 23.6 Å². The molecule has 1 N–H and O–H groups in total. The van der Waals surface area contributed by atoms with E-state index >= 15 is 0 Å². The van der Waals surface area contributed by atoms with Crippen LogP contribution in [0.3, 0.4) is 0 Å². The fraction of sp³-hybridized carbons (Fsp3) is 0.136. The molecule has 0 fully saturated rings. The van der Waals surface area contributed by atoms with Gasteiger partial charge in [-0.05, 0) is 37.3 Å². The zero-order valence-electron chi connectivity index (χ0n) is 16.0. The summed E-state index contributed by atoms with van der Waals surface area (Å²) < 4.78 is 15.8. The molecule has 2 aromatic carbocycles. The van der Waals surface area contributed by atoms with Crippen LogP contribution in [0.5, 0.6) is 11.5 Å². The van der Waals surface area contributed by atoms with E-state index < -0.39 is 5.97 Å². The molecule has 0 atom stereocenters. The van der Waals surface area contributed by atoms with Gasteiger partial charge in [0.2, 0.25) is 6.79 Å². The van der Waals surface area contributed by atoms with Gasteiger partial charge in [-0.3, -0.25) is 0 Å². The molecule has 0 amide bonds. The summed E-state index contributed by atoms with van der Waals surface area (Å²) in [6.07, 6.45) is 1.54. The van der Waals surface area contributed by atoms with E-state index in [2.05, 4.69) is 16.4 Å². The van der Waals surface area contributed by atoms with E-state index in [1.54, 1.807) is 37.4 Å². The highest BCUT2D eigenvalue weighted by Gasteiger charge is 2.16. The molecular weight excluding hydrogens is 402 g/mol. The molecule has 4 rings (SSSR count). The van der Waals surface area contributed by atoms with E-state index in [9.17, 15) is 10.1 Å². The molecule has 1 aliphatic heterocycles. The van der Waals surface area contributed by atoms with Crippen LogP contribution in [0, 0.1) is 11.3 Å². The molecule has 0 bridgehead atoms. The molecule has 0 aliphatic carbocycles. The maximum absolute atomic E-state index is 12.1. The molecule has 0 saturated heterocycles. The maximum atomic E-state index is 12.1. The summed E-state index contributed by atoms with van der Waals surface area (Å²) in [6, 6.07) is 14.7. The molecule has 150 valence electrons. The van der Waals surface area contributed by atoms with Gasteiger partial charge >= 0.3 is 5.97 Å². The molecular formula is C22H17N3O4S. The molecule has 1 aromatic heterocycles. The van der Waals surface area contributed by atoms with Crippen LogP contribution in [0.15, 0.2) is 54.0 Å². The molecule has 0 saturated carbocycles. The first-order chi connectivity index (χ1) is 14.7. The van der Waals surface area contributed by atoms with Gasteiger partial charge in [-0.15, -0.1) is 11.3 Å². The molecule has 0 spiro atoms. The number of thiazole rings is 1. The van der Waals surface area contributed by atoms with Crippen molar-refractivity contribution in [1.82, 2.24) is 4.98 Å². The molecule has 0 radical (unpaired) electrons. The van der Waals surface area contributed by atoms with Crippen LogP contribution in [0.1, 0.15) is 22.3 Å². The van der Waals surface area contributed by atoms with Gasteiger partial charge < -0.3 is 19.5 Å². The Labute approximate surface area is 177 Å². The molecule has 1 aliphatic rings. The Morgan fingerprint density at radius 3 is 2.97 bits per heavy atom. The number of nitrogens with zero attached hydrogens (tertiary/aromatic N) is 2. The Kier molecular flexibility index (Phi) is 5.63. The number of allylic oxidation sites excluding steroid dienone is 1. The first kappa shape index (κ1) is 19.5. The van der Waals surface area contributed by atoms with Gasteiger partial charge in [0.15, 0.2) is 11.5 Å². The van der Waals surface area contributed by atoms with E-state index in [4.69, 9.17) is 14.2 Å². The Morgan fingerprint density at radius 1 is 1.30 bits per heavy atom. The summed E-state index contributed by atoms with van der Waals surface area (Å²) in [4.78, 5) is 16.7. The van der Waals surface area contributed by atoms with Gasteiger partial charge in [-0.25, -0.2) is 9.78 Å². The minimum atomic E-state index is -0.424. The van der Waals surface area contributed by atoms with Crippen LogP contribution in [-0.4, -0.2) is 24.4 Å². The quantitative estimate of drug-likeness (QED) is 0.457. The maximum Gasteiger partial charge on any atom is 0.340 e. The number of nitriles is 1. The third kappa shape index (κ3) is 3.97. The van der Waals surface area contributed by atoms with Crippen molar-refractivity contribution in [2.24, 2.45) is 0 Å². The average molecular weight is 419 g/mol. The van der Waals surface area contributed by atoms with Crippen molar-refractivity contribution >= 4 is 28.6 Å². The van der Waals surface area contributed by atoms with Crippen molar-refractivity contribution in [2.75, 3.05) is 18.7 Å². The number of carbonyl (C=O) groups excluding carboxylic acids is 1. The van der Waals surface area contributed by atoms with Crippen molar-refractivity contribution in [3.8, 4) is 28.8 Å². The number of nitrogens with one attached hydrogen (secondary N) is 1. The van der Waals surface area contributed by atoms with Crippen LogP contribution < -0.4 is 14.8 Å². The smallest absolute Gasteiger partial charge is 0.340 e. The summed E-state index contributed by atoms with van der Waals surface area (Å²) in [5.41, 5.74) is 2.91. The van der Waals surface area contributed by atoms with Gasteiger partial charge in [0.25, 0.3) is 0 Å². The Balaban J connectivity index is 1.57. The standard InChI is InChI=1S/C22H17N3O4S/c1-2-27-22(26)16-5-3-4-6-17(16)24-11-15(10-23)21-25-18(12-30-21)14-7-8-19-20(9-14)29-13-28-19/h3-9,11-12,24H,2,13H2,1H3. The van der Waals surface area contributed by atoms with Crippen LogP contribution in [0.25, 0.3) is 16.8 Å². The zero-order chi connectivity index (χ0) is 20.9. The second-order valence-corrected chi connectivity index (χ2v) is 7.04. The predicted molar refractivity (Wildman–Crippen MR) is 113 cm³/mol. The molecule has 2 heterocycles. The lowest BCUT2D eigenvalue weighted by Gasteiger charge is -2.08. The van der Waals surface area contributed by atoms with E-state index in [-0.39, 0.29) is 13.4 Å². The number of para-hydroxylation sites is 1. The highest BCUT2D eigenvalue weighted by molar-refractivity contribution is 7.11. The number of rotatable bonds is 6. The zero-order valence-corrected chi connectivity index (χ0v) is 16.9. The van der Waals surface area contributed by atoms with Crippen molar-refractivity contribution in [1.29, 1.82) is 5.26 Å². The number of carbonyl (C=O) groups is 1. The van der Waals surface area contributed by atoms with Crippen LogP contribution in [0.4, 0.5) is 5.69 Å². The summed E-state index contributed by atoms with van der Waals surface area (Å²) >= 11 is 1.36. The lowest BCUT2D eigenvalue weighted by molar-refractivity contribution is 0.0527. The number of fused-ring (bicyclic) bond motifs is 1. The summed E-state index contributed by atoms with van der Waals surface area (Å²) in [6.45, 7) is 2.25. The number of esters is 1.